The molecule has 0 fully saturated rings. The smallest absolute Gasteiger partial charge is 0.504 e. The van der Waals surface area contributed by atoms with E-state index in [0.29, 0.717) is 10.8 Å². The number of hydrogen-bond donors (Lipinski definition) is 2. The fourth-order valence-electron chi connectivity index (χ4n) is 3.41. The monoisotopic (exact) mass is 344 g/mol. The number of carbonyl (C=O) groups is 1. The highest BCUT2D eigenvalue weighted by molar-refractivity contribution is 6.15. The number of benzene rings is 4. The van der Waals surface area contributed by atoms with Gasteiger partial charge in [-0.05, 0) is 46.5 Å². The Bertz CT molecular complexity index is 1150. The molecule has 0 radical (unpaired) electrons. The van der Waals surface area contributed by atoms with Crippen LogP contribution >= 0.6 is 0 Å². The summed E-state index contributed by atoms with van der Waals surface area (Å²) in [5.41, 5.74) is 2.92. The molecule has 0 bridgehead atoms. The quantitative estimate of drug-likeness (QED) is 0.277. The summed E-state index contributed by atoms with van der Waals surface area (Å²) in [4.78, 5) is 11.1. The summed E-state index contributed by atoms with van der Waals surface area (Å²) >= 11 is 0. The van der Waals surface area contributed by atoms with Gasteiger partial charge in [0, 0.05) is 10.8 Å². The van der Waals surface area contributed by atoms with E-state index in [1.54, 1.807) is 6.07 Å². The van der Waals surface area contributed by atoms with Gasteiger partial charge in [-0.25, -0.2) is 4.79 Å². The molecule has 0 atom stereocenters. The van der Waals surface area contributed by atoms with E-state index in [4.69, 9.17) is 9.84 Å². The maximum atomic E-state index is 11.1. The van der Waals surface area contributed by atoms with E-state index in [1.165, 1.54) is 0 Å². The van der Waals surface area contributed by atoms with Gasteiger partial charge in [-0.2, -0.15) is 0 Å². The van der Waals surface area contributed by atoms with E-state index in [1.807, 2.05) is 67.6 Å². The molecule has 0 aliphatic rings. The summed E-state index contributed by atoms with van der Waals surface area (Å²) in [6.07, 6.45) is -1.46. The first-order chi connectivity index (χ1) is 12.6. The largest absolute Gasteiger partial charge is 0.511 e. The number of carboxylic acid groups (broad SMARTS) is 1. The summed E-state index contributed by atoms with van der Waals surface area (Å²) in [6, 6.07) is 21.3. The minimum Gasteiger partial charge on any atom is -0.504 e. The van der Waals surface area contributed by atoms with Crippen molar-refractivity contribution in [3.05, 3.63) is 72.3 Å². The zero-order valence-electron chi connectivity index (χ0n) is 14.1. The third kappa shape index (κ3) is 2.52. The minimum absolute atomic E-state index is 0.0334. The second-order valence-corrected chi connectivity index (χ2v) is 6.17. The average Bonchev–Trinajstić information content (AvgIpc) is 2.65. The van der Waals surface area contributed by atoms with E-state index in [0.717, 1.165) is 27.5 Å². The van der Waals surface area contributed by atoms with Crippen molar-refractivity contribution < 1.29 is 19.7 Å². The molecule has 0 spiro atoms. The van der Waals surface area contributed by atoms with Crippen LogP contribution in [0.15, 0.2) is 66.7 Å². The minimum atomic E-state index is -1.46. The number of phenolic OH excluding ortho intramolecular Hbond substituents is 1. The van der Waals surface area contributed by atoms with Crippen molar-refractivity contribution in [1.82, 2.24) is 0 Å². The Morgan fingerprint density at radius 3 is 2.35 bits per heavy atom. The molecule has 0 saturated carbocycles. The van der Waals surface area contributed by atoms with E-state index in [9.17, 15) is 9.90 Å². The lowest BCUT2D eigenvalue weighted by molar-refractivity contribution is 0.143. The second-order valence-electron chi connectivity index (χ2n) is 6.17. The Morgan fingerprint density at radius 2 is 1.62 bits per heavy atom. The van der Waals surface area contributed by atoms with Gasteiger partial charge in [0.05, 0.1) is 0 Å². The van der Waals surface area contributed by atoms with Crippen molar-refractivity contribution in [3.8, 4) is 22.6 Å². The van der Waals surface area contributed by atoms with Gasteiger partial charge >= 0.3 is 6.16 Å². The second kappa shape index (κ2) is 6.08. The first kappa shape index (κ1) is 16.0. The summed E-state index contributed by atoms with van der Waals surface area (Å²) < 4.78 is 4.93. The molecule has 0 saturated heterocycles. The molecule has 0 amide bonds. The van der Waals surface area contributed by atoms with Gasteiger partial charge in [0.25, 0.3) is 0 Å². The molecular formula is C22H16O4. The average molecular weight is 344 g/mol. The fourth-order valence-corrected chi connectivity index (χ4v) is 3.41. The van der Waals surface area contributed by atoms with Crippen LogP contribution in [0, 0.1) is 6.92 Å². The highest BCUT2D eigenvalue weighted by atomic mass is 16.7. The molecule has 4 aromatic rings. The van der Waals surface area contributed by atoms with E-state index in [2.05, 4.69) is 0 Å². The summed E-state index contributed by atoms with van der Waals surface area (Å²) in [6.45, 7) is 1.87. The molecule has 4 heteroatoms. The van der Waals surface area contributed by atoms with Crippen LogP contribution < -0.4 is 4.74 Å². The van der Waals surface area contributed by atoms with E-state index >= 15 is 0 Å². The van der Waals surface area contributed by atoms with Crippen molar-refractivity contribution in [2.75, 3.05) is 0 Å². The van der Waals surface area contributed by atoms with Crippen molar-refractivity contribution in [2.45, 2.75) is 6.92 Å². The van der Waals surface area contributed by atoms with Crippen LogP contribution in [-0.4, -0.2) is 16.4 Å². The Kier molecular flexibility index (Phi) is 3.73. The Hall–Kier alpha value is -3.53. The molecule has 128 valence electrons. The molecule has 4 aromatic carbocycles. The molecule has 4 rings (SSSR count). The zero-order chi connectivity index (χ0) is 18.3. The molecule has 0 aromatic heterocycles. The fraction of sp³-hybridized carbons (Fsp3) is 0.0455. The van der Waals surface area contributed by atoms with Gasteiger partial charge in [0.1, 0.15) is 0 Å². The van der Waals surface area contributed by atoms with Gasteiger partial charge in [-0.3, -0.25) is 0 Å². The van der Waals surface area contributed by atoms with Crippen molar-refractivity contribution in [1.29, 1.82) is 0 Å². The normalized spacial score (nSPS) is 11.0. The van der Waals surface area contributed by atoms with Crippen LogP contribution in [0.4, 0.5) is 4.79 Å². The van der Waals surface area contributed by atoms with Crippen LogP contribution in [0.1, 0.15) is 5.56 Å². The summed E-state index contributed by atoms with van der Waals surface area (Å²) in [7, 11) is 0. The van der Waals surface area contributed by atoms with Gasteiger partial charge in [-0.15, -0.1) is 0 Å². The Balaban J connectivity index is 2.12. The molecular weight excluding hydrogens is 328 g/mol. The molecule has 0 aliphatic heterocycles. The molecule has 0 heterocycles. The molecule has 26 heavy (non-hydrogen) atoms. The van der Waals surface area contributed by atoms with Crippen molar-refractivity contribution in [3.63, 3.8) is 0 Å². The van der Waals surface area contributed by atoms with Crippen LogP contribution in [0.25, 0.3) is 32.7 Å². The lowest BCUT2D eigenvalue weighted by atomic mass is 9.94. The third-order valence-corrected chi connectivity index (χ3v) is 4.58. The predicted octanol–water partition coefficient (Wildman–Crippen LogP) is 5.73. The zero-order valence-corrected chi connectivity index (χ0v) is 14.1. The number of hydrogen-bond acceptors (Lipinski definition) is 3. The first-order valence-electron chi connectivity index (χ1n) is 8.20. The number of phenols is 1. The van der Waals surface area contributed by atoms with Gasteiger partial charge in [0.15, 0.2) is 11.5 Å². The van der Waals surface area contributed by atoms with Crippen LogP contribution in [0.3, 0.4) is 0 Å². The molecule has 2 N–H and O–H groups in total. The van der Waals surface area contributed by atoms with Crippen LogP contribution in [-0.2, 0) is 0 Å². The first-order valence-corrected chi connectivity index (χ1v) is 8.20. The van der Waals surface area contributed by atoms with E-state index < -0.39 is 6.16 Å². The van der Waals surface area contributed by atoms with Crippen LogP contribution in [0.2, 0.25) is 0 Å². The van der Waals surface area contributed by atoms with Gasteiger partial charge in [0.2, 0.25) is 0 Å². The number of aryl methyl sites for hydroxylation is 1. The number of fused-ring (bicyclic) bond motifs is 3. The summed E-state index contributed by atoms with van der Waals surface area (Å²) in [5.74, 6) is -0.186. The van der Waals surface area contributed by atoms with Crippen molar-refractivity contribution in [2.24, 2.45) is 0 Å². The SMILES string of the molecule is Cc1cccc2c1c(O)c(OC(=O)O)c1ccc(-c3ccccc3)cc12. The topological polar surface area (TPSA) is 66.8 Å². The highest BCUT2D eigenvalue weighted by Gasteiger charge is 2.19. The maximum Gasteiger partial charge on any atom is 0.511 e. The molecule has 0 aliphatic carbocycles. The predicted molar refractivity (Wildman–Crippen MR) is 102 cm³/mol. The van der Waals surface area contributed by atoms with Gasteiger partial charge in [-0.1, -0.05) is 54.6 Å². The summed E-state index contributed by atoms with van der Waals surface area (Å²) in [5, 5.41) is 22.6. The molecule has 4 nitrogen and oxygen atoms in total. The molecule has 0 unspecified atom stereocenters. The lowest BCUT2D eigenvalue weighted by Crippen LogP contribution is -2.04. The number of ether oxygens (including phenoxy) is 1. The number of aromatic hydroxyl groups is 1. The Labute approximate surface area is 149 Å². The maximum absolute atomic E-state index is 11.1. The van der Waals surface area contributed by atoms with Gasteiger partial charge < -0.3 is 14.9 Å². The third-order valence-electron chi connectivity index (χ3n) is 4.58. The van der Waals surface area contributed by atoms with Crippen molar-refractivity contribution >= 4 is 27.7 Å². The number of rotatable bonds is 2. The Morgan fingerprint density at radius 1 is 0.846 bits per heavy atom. The lowest BCUT2D eigenvalue weighted by Gasteiger charge is -2.15. The van der Waals surface area contributed by atoms with E-state index in [-0.39, 0.29) is 11.5 Å². The standard InChI is InChI=1S/C22H16O4/c1-13-6-5-9-16-18-12-15(14-7-3-2-4-8-14)10-11-17(18)21(26-22(24)25)20(23)19(13)16/h2-12,23H,1H3,(H,24,25). The van der Waals surface area contributed by atoms with Crippen LogP contribution in [0.5, 0.6) is 11.5 Å². The highest BCUT2D eigenvalue weighted by Crippen LogP contribution is 2.45.